The van der Waals surface area contributed by atoms with E-state index in [0.29, 0.717) is 11.7 Å². The maximum absolute atomic E-state index is 11.0. The summed E-state index contributed by atoms with van der Waals surface area (Å²) in [4.78, 5) is 10.7. The van der Waals surface area contributed by atoms with Crippen LogP contribution in [0.25, 0.3) is 0 Å². The molecule has 18 heavy (non-hydrogen) atoms. The van der Waals surface area contributed by atoms with Crippen LogP contribution in [-0.2, 0) is 0 Å². The zero-order valence-corrected chi connectivity index (χ0v) is 10.6. The molecule has 1 aliphatic rings. The molecule has 1 aliphatic heterocycles. The summed E-state index contributed by atoms with van der Waals surface area (Å²) in [5.41, 5.74) is 1.72. The van der Waals surface area contributed by atoms with E-state index in [1.807, 2.05) is 19.1 Å². The Hall–Kier alpha value is -1.62. The van der Waals surface area contributed by atoms with Crippen molar-refractivity contribution in [3.63, 3.8) is 0 Å². The Morgan fingerprint density at radius 2 is 2.22 bits per heavy atom. The van der Waals surface area contributed by atoms with Crippen LogP contribution in [0.2, 0.25) is 0 Å². The van der Waals surface area contributed by atoms with Gasteiger partial charge in [0.05, 0.1) is 4.92 Å². The predicted molar refractivity (Wildman–Crippen MR) is 72.0 cm³/mol. The van der Waals surface area contributed by atoms with Crippen molar-refractivity contribution in [3.05, 3.63) is 33.9 Å². The van der Waals surface area contributed by atoms with Gasteiger partial charge in [0.1, 0.15) is 5.69 Å². The fraction of sp³-hybridized carbons (Fsp3) is 0.538. The van der Waals surface area contributed by atoms with Gasteiger partial charge in [-0.2, -0.15) is 0 Å². The largest absolute Gasteiger partial charge is 0.377 e. The Morgan fingerprint density at radius 3 is 3.00 bits per heavy atom. The van der Waals surface area contributed by atoms with E-state index < -0.39 is 0 Å². The third-order valence-electron chi connectivity index (χ3n) is 3.29. The van der Waals surface area contributed by atoms with E-state index >= 15 is 0 Å². The van der Waals surface area contributed by atoms with Crippen molar-refractivity contribution in [2.45, 2.75) is 32.2 Å². The van der Waals surface area contributed by atoms with E-state index in [1.54, 1.807) is 6.07 Å². The van der Waals surface area contributed by atoms with Gasteiger partial charge >= 0.3 is 0 Å². The SMILES string of the molecule is Cc1ccc(NC2CCCNCC2)c([N+](=O)[O-])c1. The first-order valence-corrected chi connectivity index (χ1v) is 6.39. The zero-order valence-electron chi connectivity index (χ0n) is 10.6. The number of nitro groups is 1. The van der Waals surface area contributed by atoms with Gasteiger partial charge in [-0.3, -0.25) is 10.1 Å². The second kappa shape index (κ2) is 5.82. The molecule has 0 saturated carbocycles. The van der Waals surface area contributed by atoms with Crippen LogP contribution in [0.4, 0.5) is 11.4 Å². The molecule has 0 radical (unpaired) electrons. The van der Waals surface area contributed by atoms with Crippen LogP contribution in [0.15, 0.2) is 18.2 Å². The molecular formula is C13H19N3O2. The molecule has 0 bridgehead atoms. The first-order chi connectivity index (χ1) is 8.66. The maximum atomic E-state index is 11.0. The normalized spacial score (nSPS) is 20.2. The molecule has 1 atom stereocenters. The Labute approximate surface area is 107 Å². The van der Waals surface area contributed by atoms with Gasteiger partial charge in [-0.25, -0.2) is 0 Å². The van der Waals surface area contributed by atoms with Gasteiger partial charge in [0.15, 0.2) is 0 Å². The number of hydrogen-bond donors (Lipinski definition) is 2. The zero-order chi connectivity index (χ0) is 13.0. The topological polar surface area (TPSA) is 67.2 Å². The Kier molecular flexibility index (Phi) is 4.15. The number of nitrogens with zero attached hydrogens (tertiary/aromatic N) is 1. The molecule has 1 aromatic rings. The van der Waals surface area contributed by atoms with Crippen LogP contribution < -0.4 is 10.6 Å². The third kappa shape index (κ3) is 3.20. The van der Waals surface area contributed by atoms with Crippen LogP contribution in [0.1, 0.15) is 24.8 Å². The monoisotopic (exact) mass is 249 g/mol. The first-order valence-electron chi connectivity index (χ1n) is 6.39. The molecule has 1 fully saturated rings. The number of nitro benzene ring substituents is 1. The fourth-order valence-corrected chi connectivity index (χ4v) is 2.30. The molecule has 5 nitrogen and oxygen atoms in total. The van der Waals surface area contributed by atoms with Gasteiger partial charge in [-0.1, -0.05) is 6.07 Å². The van der Waals surface area contributed by atoms with E-state index in [0.717, 1.165) is 37.9 Å². The smallest absolute Gasteiger partial charge is 0.292 e. The molecule has 2 rings (SSSR count). The maximum Gasteiger partial charge on any atom is 0.292 e. The van der Waals surface area contributed by atoms with Gasteiger partial charge in [0, 0.05) is 12.1 Å². The van der Waals surface area contributed by atoms with Crippen molar-refractivity contribution < 1.29 is 4.92 Å². The van der Waals surface area contributed by atoms with Gasteiger partial charge in [0.2, 0.25) is 0 Å². The molecule has 0 aliphatic carbocycles. The highest BCUT2D eigenvalue weighted by Gasteiger charge is 2.18. The van der Waals surface area contributed by atoms with Crippen LogP contribution in [-0.4, -0.2) is 24.1 Å². The minimum atomic E-state index is -0.315. The standard InChI is InChI=1S/C13H19N3O2/c1-10-4-5-12(13(9-10)16(17)18)15-11-3-2-7-14-8-6-11/h4-5,9,11,14-15H,2-3,6-8H2,1H3. The minimum absolute atomic E-state index is 0.173. The third-order valence-corrected chi connectivity index (χ3v) is 3.29. The molecule has 1 aromatic carbocycles. The number of anilines is 1. The van der Waals surface area contributed by atoms with Crippen molar-refractivity contribution >= 4 is 11.4 Å². The fourth-order valence-electron chi connectivity index (χ4n) is 2.30. The molecule has 0 aromatic heterocycles. The van der Waals surface area contributed by atoms with E-state index in [4.69, 9.17) is 0 Å². The van der Waals surface area contributed by atoms with Crippen LogP contribution >= 0.6 is 0 Å². The van der Waals surface area contributed by atoms with E-state index in [2.05, 4.69) is 10.6 Å². The van der Waals surface area contributed by atoms with Crippen molar-refractivity contribution in [3.8, 4) is 0 Å². The number of benzene rings is 1. The van der Waals surface area contributed by atoms with Gasteiger partial charge in [0.25, 0.3) is 5.69 Å². The van der Waals surface area contributed by atoms with Crippen molar-refractivity contribution in [2.24, 2.45) is 0 Å². The van der Waals surface area contributed by atoms with Crippen LogP contribution in [0, 0.1) is 17.0 Å². The molecule has 98 valence electrons. The van der Waals surface area contributed by atoms with Crippen molar-refractivity contribution in [1.82, 2.24) is 5.32 Å². The number of rotatable bonds is 3. The van der Waals surface area contributed by atoms with E-state index in [-0.39, 0.29) is 10.6 Å². The number of hydrogen-bond acceptors (Lipinski definition) is 4. The Morgan fingerprint density at radius 1 is 1.39 bits per heavy atom. The molecule has 0 amide bonds. The summed E-state index contributed by atoms with van der Waals surface area (Å²) in [6.07, 6.45) is 3.17. The lowest BCUT2D eigenvalue weighted by molar-refractivity contribution is -0.384. The molecule has 2 N–H and O–H groups in total. The Bertz CT molecular complexity index is 426. The van der Waals surface area contributed by atoms with Crippen LogP contribution in [0.5, 0.6) is 0 Å². The molecule has 1 heterocycles. The first kappa shape index (κ1) is 12.8. The van der Waals surface area contributed by atoms with E-state index in [9.17, 15) is 10.1 Å². The average Bonchev–Trinajstić information content (AvgIpc) is 2.60. The van der Waals surface area contributed by atoms with Crippen molar-refractivity contribution in [2.75, 3.05) is 18.4 Å². The second-order valence-electron chi connectivity index (χ2n) is 4.80. The lowest BCUT2D eigenvalue weighted by atomic mass is 10.1. The molecule has 1 unspecified atom stereocenters. The summed E-state index contributed by atoms with van der Waals surface area (Å²) in [5, 5.41) is 17.7. The molecule has 0 spiro atoms. The summed E-state index contributed by atoms with van der Waals surface area (Å²) < 4.78 is 0. The average molecular weight is 249 g/mol. The summed E-state index contributed by atoms with van der Waals surface area (Å²) in [6, 6.07) is 5.66. The summed E-state index contributed by atoms with van der Waals surface area (Å²) in [6.45, 7) is 3.87. The highest BCUT2D eigenvalue weighted by atomic mass is 16.6. The lowest BCUT2D eigenvalue weighted by Crippen LogP contribution is -2.22. The van der Waals surface area contributed by atoms with Gasteiger partial charge in [-0.05, 0) is 50.9 Å². The minimum Gasteiger partial charge on any atom is -0.377 e. The molecule has 5 heteroatoms. The summed E-state index contributed by atoms with van der Waals surface area (Å²) in [7, 11) is 0. The van der Waals surface area contributed by atoms with Crippen molar-refractivity contribution in [1.29, 1.82) is 0 Å². The lowest BCUT2D eigenvalue weighted by Gasteiger charge is -2.17. The highest BCUT2D eigenvalue weighted by molar-refractivity contribution is 5.62. The second-order valence-corrected chi connectivity index (χ2v) is 4.80. The molecular weight excluding hydrogens is 230 g/mol. The molecule has 1 saturated heterocycles. The highest BCUT2D eigenvalue weighted by Crippen LogP contribution is 2.27. The van der Waals surface area contributed by atoms with Gasteiger partial charge < -0.3 is 10.6 Å². The van der Waals surface area contributed by atoms with Crippen LogP contribution in [0.3, 0.4) is 0 Å². The summed E-state index contributed by atoms with van der Waals surface area (Å²) >= 11 is 0. The van der Waals surface area contributed by atoms with Gasteiger partial charge in [-0.15, -0.1) is 0 Å². The number of aryl methyl sites for hydroxylation is 1. The Balaban J connectivity index is 2.14. The summed E-state index contributed by atoms with van der Waals surface area (Å²) in [5.74, 6) is 0. The number of nitrogens with one attached hydrogen (secondary N) is 2. The quantitative estimate of drug-likeness (QED) is 0.638. The predicted octanol–water partition coefficient (Wildman–Crippen LogP) is 2.46. The van der Waals surface area contributed by atoms with E-state index in [1.165, 1.54) is 0 Å².